The number of carbonyl (C=O) groups excluding carboxylic acids is 1. The molecule has 0 aliphatic rings. The summed E-state index contributed by atoms with van der Waals surface area (Å²) in [6, 6.07) is 11.1. The molecule has 1 atom stereocenters. The van der Waals surface area contributed by atoms with Crippen LogP contribution >= 0.6 is 0 Å². The zero-order valence-corrected chi connectivity index (χ0v) is 14.2. The number of hydrogen-bond acceptors (Lipinski definition) is 5. The van der Waals surface area contributed by atoms with E-state index in [1.807, 2.05) is 0 Å². The van der Waals surface area contributed by atoms with E-state index in [0.717, 1.165) is 0 Å². The largest absolute Gasteiger partial charge is 0.325 e. The zero-order chi connectivity index (χ0) is 18.7. The van der Waals surface area contributed by atoms with Crippen molar-refractivity contribution in [3.05, 3.63) is 64.5 Å². The molecule has 134 valence electrons. The third kappa shape index (κ3) is 3.92. The van der Waals surface area contributed by atoms with Crippen molar-refractivity contribution in [3.8, 4) is 0 Å². The Labute approximate surface area is 150 Å². The molecule has 0 saturated carbocycles. The molecule has 9 nitrogen and oxygen atoms in total. The van der Waals surface area contributed by atoms with Gasteiger partial charge in [-0.1, -0.05) is 18.2 Å². The smallest absolute Gasteiger partial charge is 0.295 e. The lowest BCUT2D eigenvalue weighted by Gasteiger charge is -2.08. The van der Waals surface area contributed by atoms with E-state index in [2.05, 4.69) is 10.3 Å². The highest BCUT2D eigenvalue weighted by atomic mass is 32.2. The number of carbonyl (C=O) groups is 1. The molecule has 2 aromatic carbocycles. The first kappa shape index (κ1) is 17.7. The molecule has 3 aromatic rings. The first-order chi connectivity index (χ1) is 12.4. The number of non-ortho nitro benzene ring substituents is 1. The lowest BCUT2D eigenvalue weighted by atomic mass is 10.2. The molecule has 3 rings (SSSR count). The predicted octanol–water partition coefficient (Wildman–Crippen LogP) is 2.30. The lowest BCUT2D eigenvalue weighted by Crippen LogP contribution is -2.18. The molecule has 10 heteroatoms. The second-order valence-corrected chi connectivity index (χ2v) is 6.42. The maximum atomic E-state index is 12.3. The van der Waals surface area contributed by atoms with E-state index in [1.165, 1.54) is 23.0 Å². The third-order valence-electron chi connectivity index (χ3n) is 3.63. The molecule has 1 unspecified atom stereocenters. The average Bonchev–Trinajstić information content (AvgIpc) is 2.97. The number of aromatic nitrogens is 2. The number of nitro groups is 1. The van der Waals surface area contributed by atoms with Gasteiger partial charge < -0.3 is 14.4 Å². The second kappa shape index (κ2) is 7.42. The number of amides is 1. The molecule has 0 fully saturated rings. The molecular weight excluding hydrogens is 360 g/mol. The third-order valence-corrected chi connectivity index (χ3v) is 4.21. The molecule has 0 radical (unpaired) electrons. The molecule has 0 bridgehead atoms. The minimum absolute atomic E-state index is 0.0396. The van der Waals surface area contributed by atoms with Gasteiger partial charge in [-0.3, -0.25) is 14.9 Å². The molecule has 0 aliphatic carbocycles. The molecular formula is C16H14N4O5S. The monoisotopic (exact) mass is 374 g/mol. The van der Waals surface area contributed by atoms with Crippen molar-refractivity contribution >= 4 is 39.4 Å². The van der Waals surface area contributed by atoms with Gasteiger partial charge in [-0.2, -0.15) is 0 Å². The van der Waals surface area contributed by atoms with Gasteiger partial charge >= 0.3 is 0 Å². The molecule has 1 amide bonds. The van der Waals surface area contributed by atoms with Gasteiger partial charge in [0.05, 0.1) is 22.5 Å². The number of imidazole rings is 1. The molecule has 1 aromatic heterocycles. The summed E-state index contributed by atoms with van der Waals surface area (Å²) < 4.78 is 21.2. The van der Waals surface area contributed by atoms with Crippen LogP contribution in [0.25, 0.3) is 11.0 Å². The van der Waals surface area contributed by atoms with E-state index in [4.69, 9.17) is 4.55 Å². The van der Waals surface area contributed by atoms with Crippen LogP contribution in [0.15, 0.2) is 48.8 Å². The van der Waals surface area contributed by atoms with Gasteiger partial charge in [0.25, 0.3) is 5.69 Å². The zero-order valence-electron chi connectivity index (χ0n) is 13.4. The van der Waals surface area contributed by atoms with Crippen molar-refractivity contribution in [2.45, 2.75) is 12.3 Å². The summed E-state index contributed by atoms with van der Waals surface area (Å²) in [5, 5.41) is 13.9. The number of anilines is 1. The fraction of sp³-hybridized carbons (Fsp3) is 0.125. The van der Waals surface area contributed by atoms with Crippen LogP contribution in [-0.4, -0.2) is 29.1 Å². The highest BCUT2D eigenvalue weighted by Gasteiger charge is 2.18. The Balaban J connectivity index is 1.80. The Morgan fingerprint density at radius 3 is 2.81 bits per heavy atom. The van der Waals surface area contributed by atoms with E-state index in [0.29, 0.717) is 16.8 Å². The van der Waals surface area contributed by atoms with Crippen LogP contribution < -0.4 is 5.32 Å². The number of nitrogens with zero attached hydrogens (tertiary/aromatic N) is 3. The Hall–Kier alpha value is -3.11. The van der Waals surface area contributed by atoms with Crippen molar-refractivity contribution < 1.29 is 18.5 Å². The minimum Gasteiger partial charge on any atom is -0.325 e. The summed E-state index contributed by atoms with van der Waals surface area (Å²) in [5.74, 6) is -0.438. The highest BCUT2D eigenvalue weighted by molar-refractivity contribution is 7.78. The standard InChI is InChI=1S/C16H14N4O5S/c21-15(18-12-4-1-3-11(7-12)9-26(24)25)8-19-10-17-13-5-2-6-14(16(13)19)20(22)23/h1-7,10H,8-9H2,(H,18,21)(H,24,25). The normalized spacial score (nSPS) is 12.0. The summed E-state index contributed by atoms with van der Waals surface area (Å²) in [6.45, 7) is -0.155. The van der Waals surface area contributed by atoms with E-state index in [-0.39, 0.29) is 23.5 Å². The van der Waals surface area contributed by atoms with Crippen LogP contribution in [0.4, 0.5) is 11.4 Å². The number of benzene rings is 2. The van der Waals surface area contributed by atoms with Gasteiger partial charge in [-0.05, 0) is 23.8 Å². The maximum absolute atomic E-state index is 12.3. The number of hydrogen-bond donors (Lipinski definition) is 2. The van der Waals surface area contributed by atoms with E-state index in [9.17, 15) is 19.1 Å². The predicted molar refractivity (Wildman–Crippen MR) is 95.9 cm³/mol. The summed E-state index contributed by atoms with van der Waals surface area (Å²) in [4.78, 5) is 27.1. The Morgan fingerprint density at radius 1 is 1.31 bits per heavy atom. The average molecular weight is 374 g/mol. The van der Waals surface area contributed by atoms with Gasteiger partial charge in [-0.15, -0.1) is 0 Å². The van der Waals surface area contributed by atoms with Crippen LogP contribution in [0, 0.1) is 10.1 Å². The number of rotatable bonds is 6. The fourth-order valence-corrected chi connectivity index (χ4v) is 3.08. The molecule has 0 saturated heterocycles. The molecule has 2 N–H and O–H groups in total. The quantitative estimate of drug-likeness (QED) is 0.387. The second-order valence-electron chi connectivity index (χ2n) is 5.49. The molecule has 0 aliphatic heterocycles. The topological polar surface area (TPSA) is 127 Å². The number of para-hydroxylation sites is 1. The van der Waals surface area contributed by atoms with Crippen LogP contribution in [-0.2, 0) is 28.2 Å². The first-order valence-electron chi connectivity index (χ1n) is 7.48. The van der Waals surface area contributed by atoms with Crippen LogP contribution in [0.2, 0.25) is 0 Å². The molecule has 0 spiro atoms. The van der Waals surface area contributed by atoms with Crippen molar-refractivity contribution in [3.63, 3.8) is 0 Å². The Bertz CT molecular complexity index is 1020. The van der Waals surface area contributed by atoms with Gasteiger partial charge in [0.15, 0.2) is 11.1 Å². The molecule has 26 heavy (non-hydrogen) atoms. The number of fused-ring (bicyclic) bond motifs is 1. The Kier molecular flexibility index (Phi) is 5.05. The lowest BCUT2D eigenvalue weighted by molar-refractivity contribution is -0.383. The summed E-state index contributed by atoms with van der Waals surface area (Å²) in [7, 11) is 0. The van der Waals surface area contributed by atoms with Crippen molar-refractivity contribution in [1.82, 2.24) is 9.55 Å². The van der Waals surface area contributed by atoms with Crippen molar-refractivity contribution in [2.75, 3.05) is 5.32 Å². The summed E-state index contributed by atoms with van der Waals surface area (Å²) >= 11 is -1.98. The van der Waals surface area contributed by atoms with Gasteiger partial charge in [0, 0.05) is 11.8 Å². The van der Waals surface area contributed by atoms with Crippen LogP contribution in [0.3, 0.4) is 0 Å². The maximum Gasteiger partial charge on any atom is 0.295 e. The van der Waals surface area contributed by atoms with Crippen molar-refractivity contribution in [1.29, 1.82) is 0 Å². The number of nitrogens with one attached hydrogen (secondary N) is 1. The van der Waals surface area contributed by atoms with Crippen molar-refractivity contribution in [2.24, 2.45) is 0 Å². The fourth-order valence-electron chi connectivity index (χ4n) is 2.61. The van der Waals surface area contributed by atoms with E-state index < -0.39 is 21.9 Å². The minimum atomic E-state index is -1.98. The van der Waals surface area contributed by atoms with E-state index >= 15 is 0 Å². The Morgan fingerprint density at radius 2 is 2.08 bits per heavy atom. The van der Waals surface area contributed by atoms with Crippen LogP contribution in [0.1, 0.15) is 5.56 Å². The SMILES string of the molecule is O=C(Cn1cnc2cccc([N+](=O)[O-])c21)Nc1cccc(CS(=O)O)c1. The van der Waals surface area contributed by atoms with Gasteiger partial charge in [0.2, 0.25) is 5.91 Å². The van der Waals surface area contributed by atoms with Gasteiger partial charge in [-0.25, -0.2) is 9.19 Å². The van der Waals surface area contributed by atoms with Crippen LogP contribution in [0.5, 0.6) is 0 Å². The first-order valence-corrected chi connectivity index (χ1v) is 8.76. The summed E-state index contributed by atoms with van der Waals surface area (Å²) in [6.07, 6.45) is 1.38. The van der Waals surface area contributed by atoms with E-state index in [1.54, 1.807) is 30.3 Å². The van der Waals surface area contributed by atoms with Gasteiger partial charge in [0.1, 0.15) is 12.1 Å². The number of nitro benzene ring substituents is 1. The highest BCUT2D eigenvalue weighted by Crippen LogP contribution is 2.24. The molecule has 1 heterocycles. The summed E-state index contributed by atoms with van der Waals surface area (Å²) in [5.41, 5.74) is 1.65.